The topological polar surface area (TPSA) is 73.2 Å². The lowest BCUT2D eigenvalue weighted by Gasteiger charge is -2.17. The Kier molecular flexibility index (Phi) is 6.02. The van der Waals surface area contributed by atoms with Crippen molar-refractivity contribution in [1.82, 2.24) is 9.78 Å². The first-order valence-electron chi connectivity index (χ1n) is 8.88. The van der Waals surface area contributed by atoms with Crippen molar-refractivity contribution in [2.45, 2.75) is 19.7 Å². The highest BCUT2D eigenvalue weighted by atomic mass is 19.4. The average molecular weight is 417 g/mol. The van der Waals surface area contributed by atoms with E-state index in [-0.39, 0.29) is 18.0 Å². The fourth-order valence-electron chi connectivity index (χ4n) is 2.95. The van der Waals surface area contributed by atoms with Crippen molar-refractivity contribution in [3.05, 3.63) is 87.3 Å². The minimum absolute atomic E-state index is 0.160. The number of anilines is 1. The molecule has 0 aliphatic carbocycles. The van der Waals surface area contributed by atoms with Crippen LogP contribution >= 0.6 is 0 Å². The summed E-state index contributed by atoms with van der Waals surface area (Å²) in [5.74, 6) is -0.832. The fourth-order valence-corrected chi connectivity index (χ4v) is 2.95. The number of para-hydroxylation sites is 2. The highest BCUT2D eigenvalue weighted by Crippen LogP contribution is 2.33. The lowest BCUT2D eigenvalue weighted by atomic mass is 10.1. The Bertz CT molecular complexity index is 1140. The molecule has 1 aromatic heterocycles. The van der Waals surface area contributed by atoms with Gasteiger partial charge in [-0.1, -0.05) is 30.3 Å². The number of nitrogens with zero attached hydrogens (tertiary/aromatic N) is 2. The second kappa shape index (κ2) is 8.50. The second-order valence-corrected chi connectivity index (χ2v) is 6.47. The first-order chi connectivity index (χ1) is 14.2. The number of aryl methyl sites for hydroxylation is 1. The smallest absolute Gasteiger partial charge is 0.380 e. The van der Waals surface area contributed by atoms with Crippen LogP contribution in [0, 0.1) is 6.92 Å². The number of methoxy groups -OCH3 is 1. The predicted molar refractivity (Wildman–Crippen MR) is 105 cm³/mol. The van der Waals surface area contributed by atoms with E-state index in [1.807, 2.05) is 0 Å². The van der Waals surface area contributed by atoms with Gasteiger partial charge >= 0.3 is 6.18 Å². The number of aromatic nitrogens is 2. The van der Waals surface area contributed by atoms with Crippen LogP contribution in [-0.4, -0.2) is 22.8 Å². The van der Waals surface area contributed by atoms with E-state index in [4.69, 9.17) is 4.74 Å². The van der Waals surface area contributed by atoms with Crippen LogP contribution in [0.1, 0.15) is 27.3 Å². The molecule has 0 spiro atoms. The predicted octanol–water partition coefficient (Wildman–Crippen LogP) is 3.96. The zero-order valence-electron chi connectivity index (χ0n) is 16.2. The molecule has 0 aliphatic heterocycles. The summed E-state index contributed by atoms with van der Waals surface area (Å²) in [6, 6.07) is 12.7. The number of amides is 1. The molecule has 6 nitrogen and oxygen atoms in total. The van der Waals surface area contributed by atoms with E-state index in [1.54, 1.807) is 24.3 Å². The molecule has 2 aromatic carbocycles. The maximum absolute atomic E-state index is 13.4. The average Bonchev–Trinajstić information content (AvgIpc) is 2.69. The third kappa shape index (κ3) is 4.41. The van der Waals surface area contributed by atoms with Crippen molar-refractivity contribution >= 4 is 11.6 Å². The molecule has 0 saturated heterocycles. The van der Waals surface area contributed by atoms with Gasteiger partial charge in [0.25, 0.3) is 5.91 Å². The van der Waals surface area contributed by atoms with Crippen LogP contribution in [-0.2, 0) is 17.5 Å². The molecule has 30 heavy (non-hydrogen) atoms. The van der Waals surface area contributed by atoms with E-state index in [2.05, 4.69) is 10.4 Å². The number of rotatable bonds is 5. The van der Waals surface area contributed by atoms with Gasteiger partial charge in [0.15, 0.2) is 5.69 Å². The van der Waals surface area contributed by atoms with Crippen LogP contribution in [0.3, 0.4) is 0 Å². The quantitative estimate of drug-likeness (QED) is 0.682. The van der Waals surface area contributed by atoms with Crippen molar-refractivity contribution < 1.29 is 22.7 Å². The second-order valence-electron chi connectivity index (χ2n) is 6.47. The summed E-state index contributed by atoms with van der Waals surface area (Å²) in [5.41, 5.74) is -1.19. The highest BCUT2D eigenvalue weighted by Gasteiger charge is 2.34. The molecule has 1 N–H and O–H groups in total. The molecule has 3 rings (SSSR count). The molecular weight excluding hydrogens is 399 g/mol. The number of hydrogen-bond acceptors (Lipinski definition) is 4. The first kappa shape index (κ1) is 21.3. The summed E-state index contributed by atoms with van der Waals surface area (Å²) in [5, 5.41) is 6.53. The number of ether oxygens (including phenoxy) is 1. The minimum Gasteiger partial charge on any atom is -0.380 e. The lowest BCUT2D eigenvalue weighted by molar-refractivity contribution is -0.137. The summed E-state index contributed by atoms with van der Waals surface area (Å²) in [4.78, 5) is 25.1. The Hall–Kier alpha value is -3.46. The zero-order valence-corrected chi connectivity index (χ0v) is 16.2. The molecule has 156 valence electrons. The van der Waals surface area contributed by atoms with E-state index in [0.29, 0.717) is 11.3 Å². The van der Waals surface area contributed by atoms with Crippen LogP contribution in [0.5, 0.6) is 0 Å². The van der Waals surface area contributed by atoms with Crippen molar-refractivity contribution in [1.29, 1.82) is 0 Å². The summed E-state index contributed by atoms with van der Waals surface area (Å²) in [6.45, 7) is 1.66. The fraction of sp³-hybridized carbons (Fsp3) is 0.190. The van der Waals surface area contributed by atoms with Crippen molar-refractivity contribution in [3.8, 4) is 5.69 Å². The summed E-state index contributed by atoms with van der Waals surface area (Å²) >= 11 is 0. The van der Waals surface area contributed by atoms with Gasteiger partial charge in [-0.2, -0.15) is 18.3 Å². The van der Waals surface area contributed by atoms with Crippen molar-refractivity contribution in [3.63, 3.8) is 0 Å². The van der Waals surface area contributed by atoms with Crippen LogP contribution < -0.4 is 10.7 Å². The zero-order chi connectivity index (χ0) is 21.9. The van der Waals surface area contributed by atoms with E-state index >= 15 is 0 Å². The van der Waals surface area contributed by atoms with Gasteiger partial charge in [0.2, 0.25) is 5.43 Å². The van der Waals surface area contributed by atoms with E-state index in [1.165, 1.54) is 32.2 Å². The summed E-state index contributed by atoms with van der Waals surface area (Å²) in [7, 11) is 1.50. The third-order valence-corrected chi connectivity index (χ3v) is 4.33. The summed E-state index contributed by atoms with van der Waals surface area (Å²) < 4.78 is 46.3. The Balaban J connectivity index is 2.05. The first-order valence-corrected chi connectivity index (χ1v) is 8.88. The molecule has 0 unspecified atom stereocenters. The third-order valence-electron chi connectivity index (χ3n) is 4.33. The Labute approximate surface area is 169 Å². The molecule has 0 atom stereocenters. The maximum Gasteiger partial charge on any atom is 0.418 e. The monoisotopic (exact) mass is 417 g/mol. The summed E-state index contributed by atoms with van der Waals surface area (Å²) in [6.07, 6.45) is -4.63. The van der Waals surface area contributed by atoms with Crippen molar-refractivity contribution in [2.75, 3.05) is 12.4 Å². The molecule has 0 bridgehead atoms. The molecule has 9 heteroatoms. The van der Waals surface area contributed by atoms with Crippen LogP contribution in [0.15, 0.2) is 59.4 Å². The van der Waals surface area contributed by atoms with Gasteiger partial charge in [0, 0.05) is 30.1 Å². The molecule has 0 aliphatic rings. The SMILES string of the molecule is COCc1ccccc1NC(=O)c1nn(-c2ccccc2C(F)(F)F)c(C)cc1=O. The lowest BCUT2D eigenvalue weighted by Crippen LogP contribution is -2.28. The molecule has 1 heterocycles. The van der Waals surface area contributed by atoms with Crippen LogP contribution in [0.2, 0.25) is 0 Å². The van der Waals surface area contributed by atoms with Gasteiger partial charge in [-0.15, -0.1) is 0 Å². The Morgan fingerprint density at radius 3 is 2.50 bits per heavy atom. The largest absolute Gasteiger partial charge is 0.418 e. The normalized spacial score (nSPS) is 11.4. The number of halogens is 3. The number of benzene rings is 2. The van der Waals surface area contributed by atoms with Gasteiger partial charge in [-0.05, 0) is 25.1 Å². The molecule has 0 radical (unpaired) electrons. The van der Waals surface area contributed by atoms with Gasteiger partial charge in [0.05, 0.1) is 17.9 Å². The van der Waals surface area contributed by atoms with Crippen LogP contribution in [0.25, 0.3) is 5.69 Å². The van der Waals surface area contributed by atoms with Crippen LogP contribution in [0.4, 0.5) is 18.9 Å². The Morgan fingerprint density at radius 2 is 1.80 bits per heavy atom. The van der Waals surface area contributed by atoms with Gasteiger partial charge in [0.1, 0.15) is 0 Å². The van der Waals surface area contributed by atoms with E-state index < -0.39 is 28.8 Å². The molecule has 3 aromatic rings. The van der Waals surface area contributed by atoms with Gasteiger partial charge in [-0.3, -0.25) is 9.59 Å². The standard InChI is InChI=1S/C21H18F3N3O3/c1-13-11-18(28)19(20(29)25-16-9-5-3-7-14(16)12-30-2)26-27(13)17-10-6-4-8-15(17)21(22,23)24/h3-11H,12H2,1-2H3,(H,25,29). The number of carbonyl (C=O) groups is 1. The molecule has 1 amide bonds. The minimum atomic E-state index is -4.63. The molecule has 0 saturated carbocycles. The van der Waals surface area contributed by atoms with E-state index in [0.717, 1.165) is 16.8 Å². The van der Waals surface area contributed by atoms with E-state index in [9.17, 15) is 22.8 Å². The molecular formula is C21H18F3N3O3. The van der Waals surface area contributed by atoms with Gasteiger partial charge in [-0.25, -0.2) is 4.68 Å². The molecule has 0 fully saturated rings. The van der Waals surface area contributed by atoms with Gasteiger partial charge < -0.3 is 10.1 Å². The Morgan fingerprint density at radius 1 is 1.13 bits per heavy atom. The number of alkyl halides is 3. The number of carbonyl (C=O) groups excluding carboxylic acids is 1. The number of hydrogen-bond donors (Lipinski definition) is 1. The van der Waals surface area contributed by atoms with Crippen molar-refractivity contribution in [2.24, 2.45) is 0 Å². The maximum atomic E-state index is 13.4. The highest BCUT2D eigenvalue weighted by molar-refractivity contribution is 6.03. The number of nitrogens with one attached hydrogen (secondary N) is 1.